The molecule has 0 saturated heterocycles. The Labute approximate surface area is 179 Å². The number of benzene rings is 3. The van der Waals surface area contributed by atoms with Gasteiger partial charge in [-0.2, -0.15) is 0 Å². The number of ketones is 1. The number of ether oxygens (including phenoxy) is 2. The quantitative estimate of drug-likeness (QED) is 0.232. The molecule has 1 atom stereocenters. The summed E-state index contributed by atoms with van der Waals surface area (Å²) in [5, 5.41) is -0.932. The van der Waals surface area contributed by atoms with Crippen LogP contribution in [0, 0.1) is 13.8 Å². The zero-order valence-corrected chi connectivity index (χ0v) is 17.3. The lowest BCUT2D eigenvalue weighted by Crippen LogP contribution is -2.15. The van der Waals surface area contributed by atoms with Crippen LogP contribution >= 0.6 is 11.6 Å². The Morgan fingerprint density at radius 3 is 2.43 bits per heavy atom. The molecular weight excluding hydrogens is 400 g/mol. The van der Waals surface area contributed by atoms with Gasteiger partial charge in [0.05, 0.1) is 5.56 Å². The van der Waals surface area contributed by atoms with Crippen molar-refractivity contribution in [1.29, 1.82) is 0 Å². The van der Waals surface area contributed by atoms with Crippen molar-refractivity contribution in [1.82, 2.24) is 0 Å². The predicted molar refractivity (Wildman–Crippen MR) is 116 cm³/mol. The van der Waals surface area contributed by atoms with E-state index in [-0.39, 0.29) is 11.5 Å². The van der Waals surface area contributed by atoms with E-state index in [0.29, 0.717) is 28.2 Å². The zero-order valence-electron chi connectivity index (χ0n) is 16.5. The van der Waals surface area contributed by atoms with Crippen molar-refractivity contribution in [3.8, 4) is 11.5 Å². The van der Waals surface area contributed by atoms with Gasteiger partial charge in [-0.3, -0.25) is 4.79 Å². The second kappa shape index (κ2) is 8.17. The Morgan fingerprint density at radius 1 is 1.00 bits per heavy atom. The van der Waals surface area contributed by atoms with Gasteiger partial charge >= 0.3 is 5.97 Å². The van der Waals surface area contributed by atoms with Crippen LogP contribution in [-0.4, -0.2) is 11.8 Å². The van der Waals surface area contributed by atoms with E-state index in [2.05, 4.69) is 0 Å². The van der Waals surface area contributed by atoms with Gasteiger partial charge in [-0.1, -0.05) is 54.6 Å². The van der Waals surface area contributed by atoms with Crippen molar-refractivity contribution in [2.75, 3.05) is 0 Å². The van der Waals surface area contributed by atoms with Crippen molar-refractivity contribution in [3.63, 3.8) is 0 Å². The summed E-state index contributed by atoms with van der Waals surface area (Å²) in [7, 11) is 0. The Morgan fingerprint density at radius 2 is 1.70 bits per heavy atom. The molecule has 0 radical (unpaired) electrons. The van der Waals surface area contributed by atoms with E-state index in [1.807, 2.05) is 37.3 Å². The van der Waals surface area contributed by atoms with Gasteiger partial charge in [0.25, 0.3) is 0 Å². The molecule has 1 heterocycles. The molecule has 30 heavy (non-hydrogen) atoms. The van der Waals surface area contributed by atoms with Crippen LogP contribution in [0.3, 0.4) is 0 Å². The number of halogens is 1. The van der Waals surface area contributed by atoms with Crippen molar-refractivity contribution >= 4 is 29.4 Å². The van der Waals surface area contributed by atoms with Gasteiger partial charge in [-0.05, 0) is 48.7 Å². The molecular formula is C25H19ClO4. The predicted octanol–water partition coefficient (Wildman–Crippen LogP) is 5.81. The highest BCUT2D eigenvalue weighted by Crippen LogP contribution is 2.40. The number of Topliss-reactive ketones (excluding diaryl/α,β-unsaturated/α-hetero) is 1. The molecule has 0 aromatic heterocycles. The largest absolute Gasteiger partial charge is 0.452 e. The summed E-state index contributed by atoms with van der Waals surface area (Å²) in [5.41, 5.74) is 3.61. The van der Waals surface area contributed by atoms with Crippen LogP contribution in [-0.2, 0) is 4.79 Å². The van der Waals surface area contributed by atoms with E-state index in [9.17, 15) is 9.59 Å². The third kappa shape index (κ3) is 3.74. The topological polar surface area (TPSA) is 52.6 Å². The average molecular weight is 419 g/mol. The lowest BCUT2D eigenvalue weighted by atomic mass is 10.0. The molecule has 3 aromatic carbocycles. The van der Waals surface area contributed by atoms with Crippen molar-refractivity contribution in [3.05, 3.63) is 100 Å². The standard InChI is InChI=1S/C25H19ClO4/c1-15-8-6-7-11-18(15)14-21-23(27)19-12-13-20(16(2)24(19)29-21)30-25(28)22(26)17-9-4-3-5-10-17/h3-14,22H,1-2H3/b21-14-. The van der Waals surface area contributed by atoms with E-state index >= 15 is 0 Å². The number of hydrogen-bond donors (Lipinski definition) is 0. The van der Waals surface area contributed by atoms with Gasteiger partial charge in [0.15, 0.2) is 11.1 Å². The van der Waals surface area contributed by atoms with Crippen LogP contribution in [0.2, 0.25) is 0 Å². The smallest absolute Gasteiger partial charge is 0.334 e. The second-order valence-electron chi connectivity index (χ2n) is 7.06. The molecule has 1 aliphatic rings. The summed E-state index contributed by atoms with van der Waals surface area (Å²) in [6, 6.07) is 19.9. The second-order valence-corrected chi connectivity index (χ2v) is 7.49. The SMILES string of the molecule is Cc1ccccc1/C=C1\Oc2c(ccc(OC(=O)C(Cl)c3ccccc3)c2C)C1=O. The summed E-state index contributed by atoms with van der Waals surface area (Å²) in [4.78, 5) is 25.3. The highest BCUT2D eigenvalue weighted by molar-refractivity contribution is 6.30. The number of carbonyl (C=O) groups is 2. The fraction of sp³-hybridized carbons (Fsp3) is 0.120. The fourth-order valence-electron chi connectivity index (χ4n) is 3.29. The Kier molecular flexibility index (Phi) is 5.42. The van der Waals surface area contributed by atoms with Crippen molar-refractivity contribution < 1.29 is 19.1 Å². The van der Waals surface area contributed by atoms with E-state index in [4.69, 9.17) is 21.1 Å². The van der Waals surface area contributed by atoms with Crippen LogP contribution in [0.15, 0.2) is 72.5 Å². The fourth-order valence-corrected chi connectivity index (χ4v) is 3.48. The van der Waals surface area contributed by atoms with Crippen molar-refractivity contribution in [2.45, 2.75) is 19.2 Å². The van der Waals surface area contributed by atoms with Crippen LogP contribution < -0.4 is 9.47 Å². The Bertz CT molecular complexity index is 1170. The van der Waals surface area contributed by atoms with Gasteiger partial charge in [-0.15, -0.1) is 11.6 Å². The normalized spacial score (nSPS) is 14.9. The first-order valence-electron chi connectivity index (χ1n) is 9.50. The first-order valence-corrected chi connectivity index (χ1v) is 9.93. The average Bonchev–Trinajstić information content (AvgIpc) is 3.08. The number of esters is 1. The number of rotatable bonds is 4. The number of allylic oxidation sites excluding steroid dienone is 1. The lowest BCUT2D eigenvalue weighted by Gasteiger charge is -2.13. The van der Waals surface area contributed by atoms with Crippen molar-refractivity contribution in [2.24, 2.45) is 0 Å². The third-order valence-electron chi connectivity index (χ3n) is 5.02. The van der Waals surface area contributed by atoms with E-state index in [1.165, 1.54) is 0 Å². The van der Waals surface area contributed by atoms with E-state index < -0.39 is 11.3 Å². The van der Waals surface area contributed by atoms with Crippen LogP contribution in [0.5, 0.6) is 11.5 Å². The van der Waals surface area contributed by atoms with E-state index in [0.717, 1.165) is 11.1 Å². The highest BCUT2D eigenvalue weighted by Gasteiger charge is 2.31. The lowest BCUT2D eigenvalue weighted by molar-refractivity contribution is -0.134. The molecule has 1 unspecified atom stereocenters. The van der Waals surface area contributed by atoms with Gasteiger partial charge in [0.2, 0.25) is 5.78 Å². The summed E-state index contributed by atoms with van der Waals surface area (Å²) >= 11 is 6.26. The summed E-state index contributed by atoms with van der Waals surface area (Å²) in [6.07, 6.45) is 1.73. The van der Waals surface area contributed by atoms with Crippen LogP contribution in [0.4, 0.5) is 0 Å². The van der Waals surface area contributed by atoms with Crippen LogP contribution in [0.1, 0.15) is 38.0 Å². The summed E-state index contributed by atoms with van der Waals surface area (Å²) in [6.45, 7) is 3.72. The molecule has 5 heteroatoms. The molecule has 3 aromatic rings. The Balaban J connectivity index is 1.59. The minimum atomic E-state index is -0.932. The molecule has 0 aliphatic carbocycles. The van der Waals surface area contributed by atoms with Gasteiger partial charge < -0.3 is 9.47 Å². The minimum Gasteiger partial charge on any atom is -0.452 e. The monoisotopic (exact) mass is 418 g/mol. The maximum absolute atomic E-state index is 12.8. The number of fused-ring (bicyclic) bond motifs is 1. The Hall–Kier alpha value is -3.37. The van der Waals surface area contributed by atoms with E-state index in [1.54, 1.807) is 49.4 Å². The minimum absolute atomic E-state index is 0.200. The molecule has 0 saturated carbocycles. The molecule has 1 aliphatic heterocycles. The molecule has 0 fully saturated rings. The van der Waals surface area contributed by atoms with Crippen LogP contribution in [0.25, 0.3) is 6.08 Å². The maximum Gasteiger partial charge on any atom is 0.334 e. The number of hydrogen-bond acceptors (Lipinski definition) is 4. The summed E-state index contributed by atoms with van der Waals surface area (Å²) in [5.74, 6) is 0.159. The van der Waals surface area contributed by atoms with Gasteiger partial charge in [0.1, 0.15) is 11.5 Å². The summed E-state index contributed by atoms with van der Waals surface area (Å²) < 4.78 is 11.4. The molecule has 0 spiro atoms. The number of aryl methyl sites for hydroxylation is 1. The third-order valence-corrected chi connectivity index (χ3v) is 5.45. The molecule has 0 amide bonds. The zero-order chi connectivity index (χ0) is 21.3. The number of carbonyl (C=O) groups excluding carboxylic acids is 2. The first-order chi connectivity index (χ1) is 14.5. The molecule has 150 valence electrons. The van der Waals surface area contributed by atoms with Gasteiger partial charge in [-0.25, -0.2) is 4.79 Å². The molecule has 4 rings (SSSR count). The molecule has 4 nitrogen and oxygen atoms in total. The molecule has 0 bridgehead atoms. The number of alkyl halides is 1. The highest BCUT2D eigenvalue weighted by atomic mass is 35.5. The maximum atomic E-state index is 12.8. The first kappa shape index (κ1) is 19.9. The molecule has 0 N–H and O–H groups in total. The van der Waals surface area contributed by atoms with Gasteiger partial charge in [0, 0.05) is 5.56 Å².